The lowest BCUT2D eigenvalue weighted by molar-refractivity contribution is -0.111. The number of benzene rings is 2. The molecular weight excluding hydrogens is 458 g/mol. The Hall–Kier alpha value is -4.44. The van der Waals surface area contributed by atoms with Crippen LogP contribution in [0.1, 0.15) is 5.56 Å². The van der Waals surface area contributed by atoms with Crippen LogP contribution in [0.2, 0.25) is 0 Å². The van der Waals surface area contributed by atoms with Crippen LogP contribution in [0.15, 0.2) is 66.9 Å². The van der Waals surface area contributed by atoms with Crippen molar-refractivity contribution >= 4 is 40.8 Å². The largest absolute Gasteiger partial charge is 0.495 e. The first-order valence-corrected chi connectivity index (χ1v) is 11.4. The Balaban J connectivity index is 1.54. The van der Waals surface area contributed by atoms with Crippen LogP contribution in [-0.4, -0.2) is 61.6 Å². The molecule has 2 N–H and O–H groups in total. The van der Waals surface area contributed by atoms with E-state index < -0.39 is 0 Å². The first kappa shape index (κ1) is 24.7. The van der Waals surface area contributed by atoms with Gasteiger partial charge in [-0.1, -0.05) is 24.3 Å². The number of hydrogen-bond donors (Lipinski definition) is 2. The molecule has 0 saturated heterocycles. The standard InChI is InChI=1S/C26H29N7O3/c1-31(2)14-8-11-23(34)28-19-12-13-22(36-4)21(15-19)29-25-27-16-18-17-33(20-9-6-5-7-10-20)26(35)32(3)24(18)30-25/h5-13,15-16H,14,17H2,1-4H3,(H,28,34)(H,27,29,30). The molecule has 10 heteroatoms. The van der Waals surface area contributed by atoms with Crippen LogP contribution in [0.3, 0.4) is 0 Å². The first-order valence-electron chi connectivity index (χ1n) is 11.4. The van der Waals surface area contributed by atoms with Gasteiger partial charge in [-0.15, -0.1) is 0 Å². The van der Waals surface area contributed by atoms with Crippen molar-refractivity contribution in [3.05, 3.63) is 72.4 Å². The van der Waals surface area contributed by atoms with Gasteiger partial charge in [0.05, 0.1) is 19.3 Å². The lowest BCUT2D eigenvalue weighted by atomic mass is 10.2. The molecule has 10 nitrogen and oxygen atoms in total. The number of methoxy groups -OCH3 is 1. The summed E-state index contributed by atoms with van der Waals surface area (Å²) in [6.07, 6.45) is 4.99. The molecule has 0 spiro atoms. The molecule has 186 valence electrons. The summed E-state index contributed by atoms with van der Waals surface area (Å²) in [6, 6.07) is 14.5. The number of carbonyl (C=O) groups excluding carboxylic acids is 2. The maximum Gasteiger partial charge on any atom is 0.330 e. The molecule has 2 aromatic carbocycles. The van der Waals surface area contributed by atoms with Crippen LogP contribution >= 0.6 is 0 Å². The molecule has 0 bridgehead atoms. The zero-order valence-corrected chi connectivity index (χ0v) is 20.7. The molecular formula is C26H29N7O3. The number of rotatable bonds is 8. The lowest BCUT2D eigenvalue weighted by Crippen LogP contribution is -2.45. The molecule has 4 rings (SSSR count). The molecule has 2 heterocycles. The molecule has 1 aromatic heterocycles. The summed E-state index contributed by atoms with van der Waals surface area (Å²) in [7, 11) is 7.10. The number of amides is 3. The maximum atomic E-state index is 13.0. The minimum atomic E-state index is -0.235. The van der Waals surface area contributed by atoms with Gasteiger partial charge in [0.2, 0.25) is 11.9 Å². The van der Waals surface area contributed by atoms with E-state index in [0.29, 0.717) is 42.0 Å². The average molecular weight is 488 g/mol. The number of para-hydroxylation sites is 1. The minimum Gasteiger partial charge on any atom is -0.495 e. The molecule has 3 aromatic rings. The van der Waals surface area contributed by atoms with Crippen LogP contribution in [-0.2, 0) is 11.3 Å². The van der Waals surface area contributed by atoms with E-state index in [4.69, 9.17) is 4.74 Å². The molecule has 0 unspecified atom stereocenters. The third kappa shape index (κ3) is 5.61. The quantitative estimate of drug-likeness (QED) is 0.465. The fraction of sp³-hybridized carbons (Fsp3) is 0.231. The van der Waals surface area contributed by atoms with E-state index in [1.165, 1.54) is 11.0 Å². The summed E-state index contributed by atoms with van der Waals surface area (Å²) in [5.74, 6) is 1.15. The molecule has 0 aliphatic carbocycles. The Bertz CT molecular complexity index is 1280. The summed E-state index contributed by atoms with van der Waals surface area (Å²) < 4.78 is 5.46. The zero-order valence-electron chi connectivity index (χ0n) is 20.7. The normalized spacial score (nSPS) is 13.2. The van der Waals surface area contributed by atoms with Gasteiger partial charge in [-0.2, -0.15) is 4.98 Å². The van der Waals surface area contributed by atoms with Gasteiger partial charge in [-0.05, 0) is 44.4 Å². The summed E-state index contributed by atoms with van der Waals surface area (Å²) >= 11 is 0. The highest BCUT2D eigenvalue weighted by atomic mass is 16.5. The van der Waals surface area contributed by atoms with Gasteiger partial charge in [0, 0.05) is 42.8 Å². The van der Waals surface area contributed by atoms with Crippen molar-refractivity contribution in [2.45, 2.75) is 6.54 Å². The van der Waals surface area contributed by atoms with E-state index >= 15 is 0 Å². The monoisotopic (exact) mass is 487 g/mol. The number of carbonyl (C=O) groups is 2. The van der Waals surface area contributed by atoms with E-state index in [2.05, 4.69) is 20.6 Å². The van der Waals surface area contributed by atoms with E-state index in [-0.39, 0.29) is 11.9 Å². The van der Waals surface area contributed by atoms with E-state index in [0.717, 1.165) is 11.3 Å². The number of urea groups is 1. The van der Waals surface area contributed by atoms with Gasteiger partial charge < -0.3 is 20.3 Å². The third-order valence-electron chi connectivity index (χ3n) is 5.53. The Morgan fingerprint density at radius 2 is 1.97 bits per heavy atom. The van der Waals surface area contributed by atoms with Crippen LogP contribution < -0.4 is 25.2 Å². The number of likely N-dealkylation sites (N-methyl/N-ethyl adjacent to an activating group) is 1. The first-order chi connectivity index (χ1) is 17.4. The lowest BCUT2D eigenvalue weighted by Gasteiger charge is -2.34. The average Bonchev–Trinajstić information content (AvgIpc) is 2.87. The predicted molar refractivity (Wildman–Crippen MR) is 141 cm³/mol. The molecule has 36 heavy (non-hydrogen) atoms. The van der Waals surface area contributed by atoms with Crippen molar-refractivity contribution < 1.29 is 14.3 Å². The van der Waals surface area contributed by atoms with Gasteiger partial charge in [0.1, 0.15) is 11.6 Å². The fourth-order valence-corrected chi connectivity index (χ4v) is 3.74. The number of fused-ring (bicyclic) bond motifs is 1. The number of nitrogens with zero attached hydrogens (tertiary/aromatic N) is 5. The fourth-order valence-electron chi connectivity index (χ4n) is 3.74. The van der Waals surface area contributed by atoms with Crippen molar-refractivity contribution in [3.63, 3.8) is 0 Å². The Morgan fingerprint density at radius 1 is 1.19 bits per heavy atom. The highest BCUT2D eigenvalue weighted by molar-refractivity contribution is 6.05. The summed E-state index contributed by atoms with van der Waals surface area (Å²) in [5, 5.41) is 5.99. The van der Waals surface area contributed by atoms with Crippen molar-refractivity contribution in [1.82, 2.24) is 14.9 Å². The highest BCUT2D eigenvalue weighted by Crippen LogP contribution is 2.33. The van der Waals surface area contributed by atoms with Crippen LogP contribution in [0, 0.1) is 0 Å². The number of hydrogen-bond acceptors (Lipinski definition) is 7. The summed E-state index contributed by atoms with van der Waals surface area (Å²) in [5.41, 5.74) is 2.79. The zero-order chi connectivity index (χ0) is 25.7. The number of nitrogens with one attached hydrogen (secondary N) is 2. The molecule has 0 atom stereocenters. The second kappa shape index (κ2) is 10.9. The Kier molecular flexibility index (Phi) is 7.45. The predicted octanol–water partition coefficient (Wildman–Crippen LogP) is 3.86. The Labute approximate surface area is 210 Å². The Morgan fingerprint density at radius 3 is 2.69 bits per heavy atom. The third-order valence-corrected chi connectivity index (χ3v) is 5.53. The topological polar surface area (TPSA) is 103 Å². The van der Waals surface area contributed by atoms with Crippen molar-refractivity contribution in [3.8, 4) is 5.75 Å². The van der Waals surface area contributed by atoms with Crippen molar-refractivity contribution in [2.24, 2.45) is 0 Å². The smallest absolute Gasteiger partial charge is 0.330 e. The molecule has 1 aliphatic rings. The maximum absolute atomic E-state index is 13.0. The minimum absolute atomic E-state index is 0.178. The molecule has 0 saturated carbocycles. The highest BCUT2D eigenvalue weighted by Gasteiger charge is 2.30. The number of aromatic nitrogens is 2. The second-order valence-electron chi connectivity index (χ2n) is 8.50. The van der Waals surface area contributed by atoms with E-state index in [1.54, 1.807) is 49.5 Å². The van der Waals surface area contributed by atoms with E-state index in [1.807, 2.05) is 49.3 Å². The van der Waals surface area contributed by atoms with Crippen LogP contribution in [0.5, 0.6) is 5.75 Å². The van der Waals surface area contributed by atoms with Crippen molar-refractivity contribution in [2.75, 3.05) is 55.2 Å². The van der Waals surface area contributed by atoms with E-state index in [9.17, 15) is 9.59 Å². The van der Waals surface area contributed by atoms with Gasteiger partial charge >= 0.3 is 6.03 Å². The molecule has 1 aliphatic heterocycles. The second-order valence-corrected chi connectivity index (χ2v) is 8.50. The van der Waals surface area contributed by atoms with Gasteiger partial charge in [0.15, 0.2) is 0 Å². The summed E-state index contributed by atoms with van der Waals surface area (Å²) in [6.45, 7) is 1.04. The van der Waals surface area contributed by atoms with Gasteiger partial charge in [-0.3, -0.25) is 14.6 Å². The SMILES string of the molecule is COc1ccc(NC(=O)C=CCN(C)C)cc1Nc1ncc2c(n1)N(C)C(=O)N(c1ccccc1)C2. The number of anilines is 5. The molecule has 0 fully saturated rings. The van der Waals surface area contributed by atoms with Crippen LogP contribution in [0.25, 0.3) is 0 Å². The van der Waals surface area contributed by atoms with Crippen molar-refractivity contribution in [1.29, 1.82) is 0 Å². The molecule has 0 radical (unpaired) electrons. The number of ether oxygens (including phenoxy) is 1. The molecule has 3 amide bonds. The van der Waals surface area contributed by atoms with Gasteiger partial charge in [0.25, 0.3) is 0 Å². The summed E-state index contributed by atoms with van der Waals surface area (Å²) in [4.78, 5) is 39.5. The van der Waals surface area contributed by atoms with Gasteiger partial charge in [-0.25, -0.2) is 9.78 Å². The van der Waals surface area contributed by atoms with Crippen LogP contribution in [0.4, 0.5) is 33.6 Å².